The number of aliphatic hydroxyl groups excluding tert-OH is 1. The molecule has 1 saturated carbocycles. The number of aliphatic hydroxyl groups is 1. The molecule has 14 heavy (non-hydrogen) atoms. The van der Waals surface area contributed by atoms with E-state index in [2.05, 4.69) is 15.5 Å². The van der Waals surface area contributed by atoms with E-state index in [1.54, 1.807) is 5.51 Å². The van der Waals surface area contributed by atoms with E-state index >= 15 is 0 Å². The first-order chi connectivity index (χ1) is 6.85. The summed E-state index contributed by atoms with van der Waals surface area (Å²) in [6, 6.07) is 0. The minimum Gasteiger partial charge on any atom is -0.394 e. The van der Waals surface area contributed by atoms with E-state index in [0.717, 1.165) is 18.0 Å². The quantitative estimate of drug-likeness (QED) is 0.801. The summed E-state index contributed by atoms with van der Waals surface area (Å²) in [4.78, 5) is 0. The Morgan fingerprint density at radius 3 is 2.79 bits per heavy atom. The minimum absolute atomic E-state index is 0.141. The SMILES string of the molecule is OCC1(Nc2nncs2)CCCCC1. The second-order valence-electron chi connectivity index (χ2n) is 3.87. The Balaban J connectivity index is 2.04. The number of hydrogen-bond acceptors (Lipinski definition) is 5. The van der Waals surface area contributed by atoms with E-state index in [1.165, 1.54) is 30.6 Å². The molecule has 1 fully saturated rings. The molecule has 0 aromatic carbocycles. The zero-order valence-corrected chi connectivity index (χ0v) is 8.89. The largest absolute Gasteiger partial charge is 0.394 e. The predicted octanol–water partition coefficient (Wildman–Crippen LogP) is 1.65. The van der Waals surface area contributed by atoms with Crippen LogP contribution in [0.2, 0.25) is 0 Å². The molecule has 1 aliphatic carbocycles. The Hall–Kier alpha value is -0.680. The number of aromatic nitrogens is 2. The Labute approximate surface area is 87.4 Å². The summed E-state index contributed by atoms with van der Waals surface area (Å²) in [5, 5.41) is 21.3. The van der Waals surface area contributed by atoms with Gasteiger partial charge in [0.1, 0.15) is 5.51 Å². The lowest BCUT2D eigenvalue weighted by molar-refractivity contribution is 0.173. The third-order valence-corrected chi connectivity index (χ3v) is 3.45. The predicted molar refractivity (Wildman–Crippen MR) is 56.4 cm³/mol. The number of rotatable bonds is 3. The van der Waals surface area contributed by atoms with Crippen LogP contribution in [-0.2, 0) is 0 Å². The summed E-state index contributed by atoms with van der Waals surface area (Å²) in [7, 11) is 0. The molecule has 0 saturated heterocycles. The molecule has 1 aromatic rings. The van der Waals surface area contributed by atoms with Gasteiger partial charge in [-0.25, -0.2) is 0 Å². The van der Waals surface area contributed by atoms with E-state index in [-0.39, 0.29) is 12.1 Å². The van der Waals surface area contributed by atoms with Crippen molar-refractivity contribution in [1.82, 2.24) is 10.2 Å². The van der Waals surface area contributed by atoms with Gasteiger partial charge >= 0.3 is 0 Å². The van der Waals surface area contributed by atoms with Gasteiger partial charge in [0, 0.05) is 0 Å². The molecule has 4 nitrogen and oxygen atoms in total. The maximum absolute atomic E-state index is 9.43. The molecule has 2 N–H and O–H groups in total. The van der Waals surface area contributed by atoms with Crippen molar-refractivity contribution >= 4 is 16.5 Å². The fourth-order valence-electron chi connectivity index (χ4n) is 2.01. The summed E-state index contributed by atoms with van der Waals surface area (Å²) < 4.78 is 0. The highest BCUT2D eigenvalue weighted by atomic mass is 32.1. The van der Waals surface area contributed by atoms with Crippen LogP contribution < -0.4 is 5.32 Å². The van der Waals surface area contributed by atoms with Crippen molar-refractivity contribution in [2.75, 3.05) is 11.9 Å². The van der Waals surface area contributed by atoms with Gasteiger partial charge in [-0.05, 0) is 12.8 Å². The minimum atomic E-state index is -0.141. The molecule has 1 aromatic heterocycles. The zero-order valence-electron chi connectivity index (χ0n) is 8.07. The maximum Gasteiger partial charge on any atom is 0.205 e. The summed E-state index contributed by atoms with van der Waals surface area (Å²) >= 11 is 1.49. The lowest BCUT2D eigenvalue weighted by Crippen LogP contribution is -2.43. The van der Waals surface area contributed by atoms with E-state index in [1.807, 2.05) is 0 Å². The average molecular weight is 213 g/mol. The van der Waals surface area contributed by atoms with Crippen LogP contribution >= 0.6 is 11.3 Å². The topological polar surface area (TPSA) is 58.0 Å². The van der Waals surface area contributed by atoms with Gasteiger partial charge in [0.05, 0.1) is 12.1 Å². The fraction of sp³-hybridized carbons (Fsp3) is 0.778. The van der Waals surface area contributed by atoms with Crippen LogP contribution in [0.5, 0.6) is 0 Å². The molecule has 0 radical (unpaired) electrons. The molecule has 0 bridgehead atoms. The van der Waals surface area contributed by atoms with E-state index in [9.17, 15) is 5.11 Å². The van der Waals surface area contributed by atoms with Crippen molar-refractivity contribution in [3.8, 4) is 0 Å². The lowest BCUT2D eigenvalue weighted by Gasteiger charge is -2.36. The molecule has 1 heterocycles. The first-order valence-corrected chi connectivity index (χ1v) is 5.88. The van der Waals surface area contributed by atoms with E-state index in [0.29, 0.717) is 0 Å². The third-order valence-electron chi connectivity index (χ3n) is 2.85. The second kappa shape index (κ2) is 4.23. The van der Waals surface area contributed by atoms with E-state index in [4.69, 9.17) is 0 Å². The first-order valence-electron chi connectivity index (χ1n) is 5.00. The van der Waals surface area contributed by atoms with Crippen LogP contribution in [0.1, 0.15) is 32.1 Å². The van der Waals surface area contributed by atoms with Crippen molar-refractivity contribution in [2.24, 2.45) is 0 Å². The highest BCUT2D eigenvalue weighted by molar-refractivity contribution is 7.13. The first kappa shape index (κ1) is 9.86. The van der Waals surface area contributed by atoms with Crippen LogP contribution in [0.25, 0.3) is 0 Å². The van der Waals surface area contributed by atoms with Crippen molar-refractivity contribution < 1.29 is 5.11 Å². The van der Waals surface area contributed by atoms with Crippen LogP contribution in [0.15, 0.2) is 5.51 Å². The molecule has 5 heteroatoms. The molecule has 0 amide bonds. The molecule has 0 spiro atoms. The maximum atomic E-state index is 9.43. The molecule has 0 aliphatic heterocycles. The van der Waals surface area contributed by atoms with Gasteiger partial charge in [-0.15, -0.1) is 10.2 Å². The van der Waals surface area contributed by atoms with Crippen molar-refractivity contribution in [2.45, 2.75) is 37.6 Å². The Morgan fingerprint density at radius 2 is 2.21 bits per heavy atom. The highest BCUT2D eigenvalue weighted by Crippen LogP contribution is 2.31. The Bertz CT molecular complexity index is 270. The molecule has 1 aliphatic rings. The van der Waals surface area contributed by atoms with Crippen LogP contribution in [0.3, 0.4) is 0 Å². The number of nitrogens with zero attached hydrogens (tertiary/aromatic N) is 2. The van der Waals surface area contributed by atoms with Gasteiger partial charge in [0.2, 0.25) is 5.13 Å². The molecule has 0 unspecified atom stereocenters. The summed E-state index contributed by atoms with van der Waals surface area (Å²) in [6.45, 7) is 0.187. The molecular weight excluding hydrogens is 198 g/mol. The van der Waals surface area contributed by atoms with Crippen molar-refractivity contribution in [1.29, 1.82) is 0 Å². The molecular formula is C9H15N3OS. The van der Waals surface area contributed by atoms with Crippen molar-refractivity contribution in [3.63, 3.8) is 0 Å². The van der Waals surface area contributed by atoms with Crippen molar-refractivity contribution in [3.05, 3.63) is 5.51 Å². The zero-order chi connectivity index (χ0) is 9.86. The number of nitrogens with one attached hydrogen (secondary N) is 1. The van der Waals surface area contributed by atoms with E-state index < -0.39 is 0 Å². The third kappa shape index (κ3) is 2.04. The number of hydrogen-bond donors (Lipinski definition) is 2. The van der Waals surface area contributed by atoms with Crippen LogP contribution in [0, 0.1) is 0 Å². The van der Waals surface area contributed by atoms with Crippen LogP contribution in [0.4, 0.5) is 5.13 Å². The monoisotopic (exact) mass is 213 g/mol. The fourth-order valence-corrected chi connectivity index (χ4v) is 2.57. The standard InChI is InChI=1S/C9H15N3OS/c13-6-9(4-2-1-3-5-9)11-8-12-10-7-14-8/h7,13H,1-6H2,(H,11,12). The van der Waals surface area contributed by atoms with Gasteiger partial charge in [0.15, 0.2) is 0 Å². The second-order valence-corrected chi connectivity index (χ2v) is 4.70. The van der Waals surface area contributed by atoms with Crippen LogP contribution in [-0.4, -0.2) is 27.4 Å². The van der Waals surface area contributed by atoms with Gasteiger partial charge in [0.25, 0.3) is 0 Å². The smallest absolute Gasteiger partial charge is 0.205 e. The normalized spacial score (nSPS) is 20.6. The Kier molecular flexibility index (Phi) is 2.98. The molecule has 78 valence electrons. The van der Waals surface area contributed by atoms with Gasteiger partial charge < -0.3 is 10.4 Å². The van der Waals surface area contributed by atoms with Gasteiger partial charge in [-0.3, -0.25) is 0 Å². The Morgan fingerprint density at radius 1 is 1.43 bits per heavy atom. The highest BCUT2D eigenvalue weighted by Gasteiger charge is 2.31. The number of anilines is 1. The summed E-state index contributed by atoms with van der Waals surface area (Å²) in [5.41, 5.74) is 1.56. The molecule has 0 atom stereocenters. The summed E-state index contributed by atoms with van der Waals surface area (Å²) in [6.07, 6.45) is 5.71. The molecule has 2 rings (SSSR count). The van der Waals surface area contributed by atoms with Gasteiger partial charge in [-0.1, -0.05) is 30.6 Å². The summed E-state index contributed by atoms with van der Waals surface area (Å²) in [5.74, 6) is 0. The van der Waals surface area contributed by atoms with Gasteiger partial charge in [-0.2, -0.15) is 0 Å². The average Bonchev–Trinajstić information content (AvgIpc) is 2.72. The lowest BCUT2D eigenvalue weighted by atomic mass is 9.82.